The highest BCUT2D eigenvalue weighted by atomic mass is 35.5. The third kappa shape index (κ3) is 5.42. The van der Waals surface area contributed by atoms with Crippen molar-refractivity contribution in [1.29, 1.82) is 0 Å². The number of aromatic nitrogens is 4. The summed E-state index contributed by atoms with van der Waals surface area (Å²) in [6.45, 7) is 5.96. The number of nitrogens with zero attached hydrogens (tertiary/aromatic N) is 6. The largest absolute Gasteiger partial charge is 0.435 e. The molecule has 1 aliphatic rings. The minimum atomic E-state index is -4.59. The molecule has 3 aromatic rings. The normalized spacial score (nSPS) is 14.6. The van der Waals surface area contributed by atoms with Crippen LogP contribution in [0.2, 0.25) is 5.02 Å². The number of anilines is 3. The van der Waals surface area contributed by atoms with E-state index in [2.05, 4.69) is 35.3 Å². The van der Waals surface area contributed by atoms with E-state index in [0.29, 0.717) is 31.2 Å². The van der Waals surface area contributed by atoms with Gasteiger partial charge in [0, 0.05) is 55.7 Å². The first-order valence-electron chi connectivity index (χ1n) is 10.6. The summed E-state index contributed by atoms with van der Waals surface area (Å²) in [5.74, 6) is 0.245. The Bertz CT molecular complexity index is 1130. The second-order valence-corrected chi connectivity index (χ2v) is 8.73. The monoisotopic (exact) mass is 518 g/mol. The van der Waals surface area contributed by atoms with Crippen molar-refractivity contribution in [3.63, 3.8) is 0 Å². The number of alkyl halides is 3. The molecule has 1 aliphatic heterocycles. The quantitative estimate of drug-likeness (QED) is 0.509. The van der Waals surface area contributed by atoms with Gasteiger partial charge in [-0.15, -0.1) is 12.4 Å². The maximum absolute atomic E-state index is 13.4. The molecule has 0 aliphatic carbocycles. The number of halogens is 5. The Kier molecular flexibility index (Phi) is 7.99. The van der Waals surface area contributed by atoms with Crippen molar-refractivity contribution in [2.24, 2.45) is 0 Å². The van der Waals surface area contributed by atoms with Crippen LogP contribution in [0.3, 0.4) is 0 Å². The summed E-state index contributed by atoms with van der Waals surface area (Å²) in [4.78, 5) is 14.2. The van der Waals surface area contributed by atoms with Gasteiger partial charge in [-0.25, -0.2) is 9.97 Å². The van der Waals surface area contributed by atoms with E-state index in [-0.39, 0.29) is 29.3 Å². The van der Waals surface area contributed by atoms with E-state index < -0.39 is 11.9 Å². The molecule has 0 atom stereocenters. The van der Waals surface area contributed by atoms with E-state index >= 15 is 0 Å². The highest BCUT2D eigenvalue weighted by Gasteiger charge is 2.38. The number of piperazine rings is 1. The Hall–Kier alpha value is -2.50. The van der Waals surface area contributed by atoms with Gasteiger partial charge in [-0.3, -0.25) is 5.10 Å². The second kappa shape index (κ2) is 10.4. The predicted molar refractivity (Wildman–Crippen MR) is 132 cm³/mol. The minimum absolute atomic E-state index is 0. The molecule has 4 rings (SSSR count). The fraction of sp³-hybridized carbons (Fsp3) is 0.476. The van der Waals surface area contributed by atoms with Gasteiger partial charge in [0.2, 0.25) is 0 Å². The first-order valence-corrected chi connectivity index (χ1v) is 11.0. The lowest BCUT2D eigenvalue weighted by molar-refractivity contribution is -0.139. The maximum atomic E-state index is 13.4. The first-order chi connectivity index (χ1) is 15.6. The van der Waals surface area contributed by atoms with E-state index in [1.54, 1.807) is 0 Å². The van der Waals surface area contributed by atoms with E-state index in [0.717, 1.165) is 30.0 Å². The zero-order chi connectivity index (χ0) is 23.8. The second-order valence-electron chi connectivity index (χ2n) is 8.29. The van der Waals surface area contributed by atoms with Gasteiger partial charge in [0.15, 0.2) is 11.3 Å². The summed E-state index contributed by atoms with van der Waals surface area (Å²) in [6, 6.07) is 3.85. The van der Waals surface area contributed by atoms with Crippen molar-refractivity contribution < 1.29 is 13.2 Å². The van der Waals surface area contributed by atoms with Crippen LogP contribution in [-0.4, -0.2) is 78.4 Å². The Balaban J connectivity index is 0.00000324. The third-order valence-corrected chi connectivity index (χ3v) is 5.96. The molecule has 2 N–H and O–H groups in total. The topological polar surface area (TPSA) is 76.2 Å². The van der Waals surface area contributed by atoms with Crippen LogP contribution in [0.15, 0.2) is 18.5 Å². The molecule has 1 fully saturated rings. The molecule has 0 saturated carbocycles. The van der Waals surface area contributed by atoms with Gasteiger partial charge < -0.3 is 20.0 Å². The molecule has 3 heterocycles. The zero-order valence-corrected chi connectivity index (χ0v) is 20.7. The van der Waals surface area contributed by atoms with Crippen molar-refractivity contribution >= 4 is 52.2 Å². The first kappa shape index (κ1) is 26.1. The molecule has 2 aromatic heterocycles. The molecule has 8 nitrogen and oxygen atoms in total. The van der Waals surface area contributed by atoms with Crippen molar-refractivity contribution in [3.05, 3.63) is 34.7 Å². The number of H-pyrrole nitrogens is 1. The lowest BCUT2D eigenvalue weighted by Crippen LogP contribution is -2.47. The van der Waals surface area contributed by atoms with Gasteiger partial charge in [0.25, 0.3) is 0 Å². The number of nitrogens with one attached hydrogen (secondary N) is 2. The lowest BCUT2D eigenvalue weighted by Gasteiger charge is -2.38. The Morgan fingerprint density at radius 3 is 2.44 bits per heavy atom. The number of hydrogen-bond acceptors (Lipinski definition) is 7. The highest BCUT2D eigenvalue weighted by molar-refractivity contribution is 6.31. The number of likely N-dealkylation sites (N-methyl/N-ethyl adjacent to an activating group) is 1. The molecule has 1 saturated heterocycles. The number of aromatic amines is 1. The molecule has 186 valence electrons. The lowest BCUT2D eigenvalue weighted by atomic mass is 10.1. The van der Waals surface area contributed by atoms with Gasteiger partial charge in [-0.1, -0.05) is 11.6 Å². The van der Waals surface area contributed by atoms with Gasteiger partial charge >= 0.3 is 6.18 Å². The van der Waals surface area contributed by atoms with Crippen LogP contribution in [-0.2, 0) is 6.18 Å². The molecular weight excluding hydrogens is 492 g/mol. The molecule has 0 radical (unpaired) electrons. The summed E-state index contributed by atoms with van der Waals surface area (Å²) in [6.07, 6.45) is -3.33. The number of fused-ring (bicyclic) bond motifs is 1. The molecular formula is C21H27Cl2F3N8. The van der Waals surface area contributed by atoms with Crippen LogP contribution in [0.4, 0.5) is 30.4 Å². The van der Waals surface area contributed by atoms with Crippen molar-refractivity contribution in [3.8, 4) is 0 Å². The summed E-state index contributed by atoms with van der Waals surface area (Å²) >= 11 is 6.40. The van der Waals surface area contributed by atoms with Gasteiger partial charge in [-0.05, 0) is 38.7 Å². The summed E-state index contributed by atoms with van der Waals surface area (Å²) in [5.41, 5.74) is 2.17. The summed E-state index contributed by atoms with van der Waals surface area (Å²) in [7, 11) is 4.04. The zero-order valence-electron chi connectivity index (χ0n) is 19.1. The number of hydrogen-bond donors (Lipinski definition) is 2. The average molecular weight is 519 g/mol. The smallest absolute Gasteiger partial charge is 0.383 e. The van der Waals surface area contributed by atoms with Crippen molar-refractivity contribution in [2.45, 2.75) is 13.1 Å². The van der Waals surface area contributed by atoms with Crippen molar-refractivity contribution in [2.75, 3.05) is 68.5 Å². The molecule has 34 heavy (non-hydrogen) atoms. The van der Waals surface area contributed by atoms with E-state index in [4.69, 9.17) is 11.6 Å². The van der Waals surface area contributed by atoms with Gasteiger partial charge in [0.1, 0.15) is 12.1 Å². The Morgan fingerprint density at radius 1 is 1.12 bits per heavy atom. The third-order valence-electron chi connectivity index (χ3n) is 5.75. The minimum Gasteiger partial charge on any atom is -0.383 e. The molecule has 0 spiro atoms. The van der Waals surface area contributed by atoms with E-state index in [1.165, 1.54) is 6.33 Å². The molecule has 0 unspecified atom stereocenters. The molecule has 0 bridgehead atoms. The van der Waals surface area contributed by atoms with Crippen LogP contribution in [0, 0.1) is 6.92 Å². The fourth-order valence-corrected chi connectivity index (χ4v) is 4.25. The maximum Gasteiger partial charge on any atom is 0.435 e. The molecule has 1 aromatic carbocycles. The Morgan fingerprint density at radius 2 is 1.79 bits per heavy atom. The number of rotatable bonds is 6. The van der Waals surface area contributed by atoms with E-state index in [1.807, 2.05) is 38.1 Å². The van der Waals surface area contributed by atoms with Crippen LogP contribution in [0.25, 0.3) is 11.0 Å². The van der Waals surface area contributed by atoms with Crippen LogP contribution in [0.1, 0.15) is 11.3 Å². The van der Waals surface area contributed by atoms with E-state index in [9.17, 15) is 13.2 Å². The predicted octanol–water partition coefficient (Wildman–Crippen LogP) is 4.06. The average Bonchev–Trinajstić information content (AvgIpc) is 3.21. The fourth-order valence-electron chi connectivity index (χ4n) is 4.04. The standard InChI is InChI=1S/C21H26ClF3N8.ClH/c1-13-15(26-4-5-31(2)3)10-14(22)11-16(13)32-6-8-33(9-7-32)20-17-18(21(23,24)25)29-30-19(17)27-12-28-20;/h10-12,26H,4-9H2,1-3H3,(H,27,28,29,30);1H. The molecule has 13 heteroatoms. The van der Waals surface area contributed by atoms with Crippen LogP contribution < -0.4 is 15.1 Å². The van der Waals surface area contributed by atoms with Crippen LogP contribution >= 0.6 is 24.0 Å². The Labute approximate surface area is 206 Å². The SMILES string of the molecule is Cc1c(NCCN(C)C)cc(Cl)cc1N1CCN(c2ncnc3[nH]nc(C(F)(F)F)c23)CC1.Cl. The number of benzene rings is 1. The summed E-state index contributed by atoms with van der Waals surface area (Å²) in [5, 5.41) is 9.79. The molecule has 0 amide bonds. The van der Waals surface area contributed by atoms with Gasteiger partial charge in [-0.2, -0.15) is 18.3 Å². The highest BCUT2D eigenvalue weighted by Crippen LogP contribution is 2.37. The van der Waals surface area contributed by atoms with Gasteiger partial charge in [0.05, 0.1) is 5.39 Å². The summed E-state index contributed by atoms with van der Waals surface area (Å²) < 4.78 is 40.3. The van der Waals surface area contributed by atoms with Crippen LogP contribution in [0.5, 0.6) is 0 Å². The van der Waals surface area contributed by atoms with Crippen molar-refractivity contribution in [1.82, 2.24) is 25.1 Å².